The number of hydrogen-bond donors (Lipinski definition) is 0. The summed E-state index contributed by atoms with van der Waals surface area (Å²) in [4.78, 5) is 24.5. The van der Waals surface area contributed by atoms with Gasteiger partial charge < -0.3 is 4.90 Å². The van der Waals surface area contributed by atoms with Crippen LogP contribution in [0.25, 0.3) is 0 Å². The Morgan fingerprint density at radius 1 is 1.36 bits per heavy atom. The molecule has 0 aliphatic carbocycles. The molecule has 1 fully saturated rings. The third-order valence-electron chi connectivity index (χ3n) is 3.00. The highest BCUT2D eigenvalue weighted by Gasteiger charge is 2.37. The molecule has 0 saturated carbocycles. The molecule has 0 aromatic carbocycles. The van der Waals surface area contributed by atoms with E-state index in [0.29, 0.717) is 5.92 Å². The predicted molar refractivity (Wildman–Crippen MR) is 54.9 cm³/mol. The molecule has 0 N–H and O–H groups in total. The first-order chi connectivity index (χ1) is 6.57. The summed E-state index contributed by atoms with van der Waals surface area (Å²) in [5.74, 6) is 0.557. The minimum absolute atomic E-state index is 0.0313. The molecule has 1 amide bonds. The molecule has 1 heterocycles. The van der Waals surface area contributed by atoms with Gasteiger partial charge in [0.1, 0.15) is 0 Å². The zero-order valence-corrected chi connectivity index (χ0v) is 9.25. The van der Waals surface area contributed by atoms with E-state index in [-0.39, 0.29) is 17.7 Å². The first-order valence-corrected chi connectivity index (χ1v) is 5.35. The average Bonchev–Trinajstić information content (AvgIpc) is 2.48. The molecule has 3 nitrogen and oxygen atoms in total. The molecule has 3 heteroatoms. The molecule has 14 heavy (non-hydrogen) atoms. The fraction of sp³-hybridized carbons (Fsp3) is 0.818. The van der Waals surface area contributed by atoms with Gasteiger partial charge in [-0.25, -0.2) is 0 Å². The van der Waals surface area contributed by atoms with Gasteiger partial charge in [0.15, 0.2) is 5.78 Å². The summed E-state index contributed by atoms with van der Waals surface area (Å²) < 4.78 is 0. The summed E-state index contributed by atoms with van der Waals surface area (Å²) in [6, 6.07) is -0.146. The molecule has 0 radical (unpaired) electrons. The van der Waals surface area contributed by atoms with Crippen LogP contribution in [-0.4, -0.2) is 29.2 Å². The van der Waals surface area contributed by atoms with Crippen LogP contribution in [-0.2, 0) is 9.59 Å². The summed E-state index contributed by atoms with van der Waals surface area (Å²) >= 11 is 0. The molecule has 0 bridgehead atoms. The Morgan fingerprint density at radius 3 is 2.43 bits per heavy atom. The second-order valence-corrected chi connectivity index (χ2v) is 4.11. The Morgan fingerprint density at radius 2 is 2.00 bits per heavy atom. The van der Waals surface area contributed by atoms with E-state index in [4.69, 9.17) is 0 Å². The number of nitrogens with zero attached hydrogens (tertiary/aromatic N) is 1. The van der Waals surface area contributed by atoms with E-state index < -0.39 is 0 Å². The highest BCUT2D eigenvalue weighted by atomic mass is 16.2. The van der Waals surface area contributed by atoms with Crippen molar-refractivity contribution in [1.29, 1.82) is 0 Å². The third-order valence-corrected chi connectivity index (χ3v) is 3.00. The second-order valence-electron chi connectivity index (χ2n) is 4.11. The molecule has 80 valence electrons. The summed E-state index contributed by atoms with van der Waals surface area (Å²) in [6.45, 7) is 6.01. The molecule has 0 aromatic rings. The largest absolute Gasteiger partial charge is 0.333 e. The van der Waals surface area contributed by atoms with Gasteiger partial charge in [-0.05, 0) is 25.7 Å². The molecule has 1 aliphatic heterocycles. The molecule has 2 atom stereocenters. The summed E-state index contributed by atoms with van der Waals surface area (Å²) in [6.07, 6.45) is 3.12. The van der Waals surface area contributed by atoms with Gasteiger partial charge in [0.05, 0.1) is 6.04 Å². The summed E-state index contributed by atoms with van der Waals surface area (Å²) in [7, 11) is 0. The van der Waals surface area contributed by atoms with Crippen molar-refractivity contribution >= 4 is 11.7 Å². The van der Waals surface area contributed by atoms with Crippen molar-refractivity contribution in [2.45, 2.75) is 46.1 Å². The minimum atomic E-state index is -0.146. The van der Waals surface area contributed by atoms with E-state index in [9.17, 15) is 9.59 Å². The Balaban J connectivity index is 2.74. The average molecular weight is 197 g/mol. The van der Waals surface area contributed by atoms with Gasteiger partial charge in [-0.3, -0.25) is 9.59 Å². The highest BCUT2D eigenvalue weighted by Crippen LogP contribution is 2.28. The highest BCUT2D eigenvalue weighted by molar-refractivity contribution is 5.87. The van der Waals surface area contributed by atoms with E-state index in [2.05, 4.69) is 6.92 Å². The number of rotatable bonds is 3. The van der Waals surface area contributed by atoms with Crippen LogP contribution in [0, 0.1) is 5.92 Å². The maximum atomic E-state index is 11.5. The van der Waals surface area contributed by atoms with Crippen LogP contribution in [0.3, 0.4) is 0 Å². The van der Waals surface area contributed by atoms with Crippen molar-refractivity contribution in [3.8, 4) is 0 Å². The number of hydrogen-bond acceptors (Lipinski definition) is 2. The smallest absolute Gasteiger partial charge is 0.220 e. The maximum absolute atomic E-state index is 11.5. The van der Waals surface area contributed by atoms with Gasteiger partial charge in [-0.2, -0.15) is 0 Å². The molecular formula is C11H19NO2. The van der Waals surface area contributed by atoms with Crippen molar-refractivity contribution in [2.75, 3.05) is 6.54 Å². The number of ketones is 1. The molecule has 0 aromatic heterocycles. The fourth-order valence-electron chi connectivity index (χ4n) is 2.43. The standard InChI is InChI=1S/C11H19NO2/c1-4-5-10-6-7-12(9(3)14)11(10)8(2)13/h10-11H,4-7H2,1-3H3/t10-,11?/m0/s1. The maximum Gasteiger partial charge on any atom is 0.220 e. The lowest BCUT2D eigenvalue weighted by Gasteiger charge is -2.24. The normalized spacial score (nSPS) is 26.6. The van der Waals surface area contributed by atoms with Crippen LogP contribution in [0.15, 0.2) is 0 Å². The van der Waals surface area contributed by atoms with Gasteiger partial charge >= 0.3 is 0 Å². The van der Waals surface area contributed by atoms with Gasteiger partial charge in [-0.15, -0.1) is 0 Å². The van der Waals surface area contributed by atoms with E-state index in [1.54, 1.807) is 18.7 Å². The van der Waals surface area contributed by atoms with Crippen LogP contribution < -0.4 is 0 Å². The monoisotopic (exact) mass is 197 g/mol. The minimum Gasteiger partial charge on any atom is -0.333 e. The molecule has 1 aliphatic rings. The van der Waals surface area contributed by atoms with E-state index >= 15 is 0 Å². The summed E-state index contributed by atoms with van der Waals surface area (Å²) in [5.41, 5.74) is 0. The zero-order chi connectivity index (χ0) is 10.7. The lowest BCUT2D eigenvalue weighted by molar-refractivity contribution is -0.136. The van der Waals surface area contributed by atoms with Gasteiger partial charge in [0.25, 0.3) is 0 Å². The number of carbonyl (C=O) groups excluding carboxylic acids is 2. The fourth-order valence-corrected chi connectivity index (χ4v) is 2.43. The van der Waals surface area contributed by atoms with Crippen molar-refractivity contribution in [2.24, 2.45) is 5.92 Å². The topological polar surface area (TPSA) is 37.4 Å². The van der Waals surface area contributed by atoms with Crippen LogP contribution in [0.2, 0.25) is 0 Å². The second kappa shape index (κ2) is 4.58. The van der Waals surface area contributed by atoms with Crippen LogP contribution >= 0.6 is 0 Å². The molecular weight excluding hydrogens is 178 g/mol. The van der Waals surface area contributed by atoms with Crippen LogP contribution in [0.1, 0.15) is 40.0 Å². The van der Waals surface area contributed by atoms with E-state index in [1.807, 2.05) is 0 Å². The predicted octanol–water partition coefficient (Wildman–Crippen LogP) is 1.61. The Labute approximate surface area is 85.5 Å². The van der Waals surface area contributed by atoms with Crippen molar-refractivity contribution < 1.29 is 9.59 Å². The quantitative estimate of drug-likeness (QED) is 0.689. The molecule has 1 saturated heterocycles. The van der Waals surface area contributed by atoms with Crippen molar-refractivity contribution in [3.05, 3.63) is 0 Å². The van der Waals surface area contributed by atoms with Crippen LogP contribution in [0.5, 0.6) is 0 Å². The third kappa shape index (κ3) is 2.14. The first kappa shape index (κ1) is 11.2. The summed E-state index contributed by atoms with van der Waals surface area (Å²) in [5, 5.41) is 0. The van der Waals surface area contributed by atoms with Crippen LogP contribution in [0.4, 0.5) is 0 Å². The first-order valence-electron chi connectivity index (χ1n) is 5.35. The number of carbonyl (C=O) groups is 2. The number of Topliss-reactive ketones (excluding diaryl/α,β-unsaturated/α-hetero) is 1. The lowest BCUT2D eigenvalue weighted by atomic mass is 9.93. The van der Waals surface area contributed by atoms with E-state index in [1.165, 1.54) is 0 Å². The Kier molecular flexibility index (Phi) is 3.67. The Bertz CT molecular complexity index is 237. The SMILES string of the molecule is CCC[C@H]1CCN(C(C)=O)C1C(C)=O. The Hall–Kier alpha value is -0.860. The zero-order valence-electron chi connectivity index (χ0n) is 9.25. The molecule has 1 unspecified atom stereocenters. The van der Waals surface area contributed by atoms with E-state index in [0.717, 1.165) is 25.8 Å². The van der Waals surface area contributed by atoms with Crippen molar-refractivity contribution in [1.82, 2.24) is 4.90 Å². The van der Waals surface area contributed by atoms with Crippen molar-refractivity contribution in [3.63, 3.8) is 0 Å². The number of likely N-dealkylation sites (tertiary alicyclic amines) is 1. The van der Waals surface area contributed by atoms with Gasteiger partial charge in [0.2, 0.25) is 5.91 Å². The molecule has 0 spiro atoms. The molecule has 1 rings (SSSR count). The number of amides is 1. The lowest BCUT2D eigenvalue weighted by Crippen LogP contribution is -2.41. The van der Waals surface area contributed by atoms with Gasteiger partial charge in [0, 0.05) is 13.5 Å². The van der Waals surface area contributed by atoms with Gasteiger partial charge in [-0.1, -0.05) is 13.3 Å².